The Morgan fingerprint density at radius 1 is 1.04 bits per heavy atom. The first-order valence-electron chi connectivity index (χ1n) is 6.89. The largest absolute Gasteiger partial charge is 0.325 e. The van der Waals surface area contributed by atoms with Crippen molar-refractivity contribution in [1.82, 2.24) is 10.2 Å². The Hall–Kier alpha value is -2.44. The summed E-state index contributed by atoms with van der Waals surface area (Å²) in [5.41, 5.74) is 1.77. The molecule has 0 aliphatic heterocycles. The van der Waals surface area contributed by atoms with Gasteiger partial charge >= 0.3 is 6.03 Å². The predicted octanol–water partition coefficient (Wildman–Crippen LogP) is 4.43. The number of anilines is 2. The maximum absolute atomic E-state index is 11.9. The maximum Gasteiger partial charge on any atom is 0.325 e. The van der Waals surface area contributed by atoms with Gasteiger partial charge in [0, 0.05) is 17.1 Å². The topological polar surface area (TPSA) is 66.9 Å². The Bertz CT molecular complexity index is 807. The fourth-order valence-electron chi connectivity index (χ4n) is 1.97. The van der Waals surface area contributed by atoms with Crippen LogP contribution in [0.4, 0.5) is 15.6 Å². The van der Waals surface area contributed by atoms with Crippen molar-refractivity contribution in [3.8, 4) is 0 Å². The van der Waals surface area contributed by atoms with Gasteiger partial charge < -0.3 is 5.32 Å². The lowest BCUT2D eigenvalue weighted by Gasteiger charge is -2.04. The molecule has 1 heterocycles. The van der Waals surface area contributed by atoms with E-state index in [-0.39, 0.29) is 6.03 Å². The summed E-state index contributed by atoms with van der Waals surface area (Å²) in [7, 11) is 0. The Kier molecular flexibility index (Phi) is 4.85. The molecule has 0 spiro atoms. The van der Waals surface area contributed by atoms with Crippen molar-refractivity contribution < 1.29 is 4.79 Å². The summed E-state index contributed by atoms with van der Waals surface area (Å²) in [6.45, 7) is 0. The Labute approximate surface area is 142 Å². The standard InChI is InChI=1S/C16H13ClN4OS/c17-12-7-4-8-13(10-12)18-15(22)19-16-21-20-14(23-16)9-11-5-2-1-3-6-11/h1-8,10H,9H2,(H2,18,19,21,22). The molecule has 0 atom stereocenters. The van der Waals surface area contributed by atoms with Crippen molar-refractivity contribution in [1.29, 1.82) is 0 Å². The van der Waals surface area contributed by atoms with E-state index in [2.05, 4.69) is 20.8 Å². The zero-order valence-electron chi connectivity index (χ0n) is 12.0. The summed E-state index contributed by atoms with van der Waals surface area (Å²) in [6.07, 6.45) is 0.691. The second kappa shape index (κ2) is 7.21. The zero-order chi connectivity index (χ0) is 16.1. The summed E-state index contributed by atoms with van der Waals surface area (Å²) < 4.78 is 0. The van der Waals surface area contributed by atoms with Crippen LogP contribution in [0.1, 0.15) is 10.6 Å². The van der Waals surface area contributed by atoms with Gasteiger partial charge in [-0.3, -0.25) is 5.32 Å². The Morgan fingerprint density at radius 2 is 1.87 bits per heavy atom. The van der Waals surface area contributed by atoms with Gasteiger partial charge in [0.15, 0.2) is 0 Å². The molecule has 0 bridgehead atoms. The molecule has 0 unspecified atom stereocenters. The fourth-order valence-corrected chi connectivity index (χ4v) is 2.93. The molecule has 0 saturated heterocycles. The third kappa shape index (κ3) is 4.51. The molecule has 0 aliphatic rings. The van der Waals surface area contributed by atoms with Gasteiger partial charge in [0.1, 0.15) is 5.01 Å². The minimum atomic E-state index is -0.380. The number of hydrogen-bond donors (Lipinski definition) is 2. The van der Waals surface area contributed by atoms with E-state index in [1.165, 1.54) is 11.3 Å². The molecule has 2 amide bonds. The number of urea groups is 1. The van der Waals surface area contributed by atoms with Crippen LogP contribution < -0.4 is 10.6 Å². The van der Waals surface area contributed by atoms with Gasteiger partial charge in [-0.25, -0.2) is 4.79 Å². The van der Waals surface area contributed by atoms with Gasteiger partial charge in [-0.2, -0.15) is 0 Å². The van der Waals surface area contributed by atoms with Crippen LogP contribution in [-0.2, 0) is 6.42 Å². The van der Waals surface area contributed by atoms with E-state index in [1.807, 2.05) is 30.3 Å². The summed E-state index contributed by atoms with van der Waals surface area (Å²) in [6, 6.07) is 16.5. The number of amides is 2. The van der Waals surface area contributed by atoms with E-state index in [1.54, 1.807) is 24.3 Å². The number of aromatic nitrogens is 2. The maximum atomic E-state index is 11.9. The van der Waals surface area contributed by atoms with Crippen LogP contribution in [0.15, 0.2) is 54.6 Å². The van der Waals surface area contributed by atoms with E-state index in [0.29, 0.717) is 22.3 Å². The minimum Gasteiger partial charge on any atom is -0.308 e. The van der Waals surface area contributed by atoms with Gasteiger partial charge in [0.05, 0.1) is 0 Å². The lowest BCUT2D eigenvalue weighted by molar-refractivity contribution is 0.262. The molecule has 116 valence electrons. The van der Waals surface area contributed by atoms with Gasteiger partial charge in [0.25, 0.3) is 0 Å². The fraction of sp³-hybridized carbons (Fsp3) is 0.0625. The highest BCUT2D eigenvalue weighted by atomic mass is 35.5. The van der Waals surface area contributed by atoms with Crippen molar-refractivity contribution in [3.63, 3.8) is 0 Å². The number of carbonyl (C=O) groups is 1. The van der Waals surface area contributed by atoms with Crippen LogP contribution in [0.3, 0.4) is 0 Å². The molecule has 2 N–H and O–H groups in total. The molecule has 2 aromatic carbocycles. The molecule has 0 radical (unpaired) electrons. The van der Waals surface area contributed by atoms with Gasteiger partial charge in [0.2, 0.25) is 5.13 Å². The van der Waals surface area contributed by atoms with E-state index >= 15 is 0 Å². The highest BCUT2D eigenvalue weighted by Gasteiger charge is 2.09. The van der Waals surface area contributed by atoms with Crippen molar-refractivity contribution in [2.75, 3.05) is 10.6 Å². The van der Waals surface area contributed by atoms with Crippen LogP contribution in [0, 0.1) is 0 Å². The second-order valence-corrected chi connectivity index (χ2v) is 6.25. The molecule has 5 nitrogen and oxygen atoms in total. The third-order valence-corrected chi connectivity index (χ3v) is 4.04. The van der Waals surface area contributed by atoms with Crippen molar-refractivity contribution >= 4 is 39.8 Å². The van der Waals surface area contributed by atoms with E-state index in [0.717, 1.165) is 10.6 Å². The number of benzene rings is 2. The Balaban J connectivity index is 1.59. The van der Waals surface area contributed by atoms with Crippen molar-refractivity contribution in [2.24, 2.45) is 0 Å². The minimum absolute atomic E-state index is 0.380. The summed E-state index contributed by atoms with van der Waals surface area (Å²) in [4.78, 5) is 11.9. The number of rotatable bonds is 4. The van der Waals surface area contributed by atoms with Gasteiger partial charge in [-0.05, 0) is 23.8 Å². The average molecular weight is 345 g/mol. The van der Waals surface area contributed by atoms with Gasteiger partial charge in [-0.15, -0.1) is 10.2 Å². The SMILES string of the molecule is O=C(Nc1cccc(Cl)c1)Nc1nnc(Cc2ccccc2)s1. The molecule has 3 aromatic rings. The van der Waals surface area contributed by atoms with Crippen LogP contribution in [-0.4, -0.2) is 16.2 Å². The molecule has 23 heavy (non-hydrogen) atoms. The van der Waals surface area contributed by atoms with Crippen molar-refractivity contribution in [3.05, 3.63) is 70.2 Å². The zero-order valence-corrected chi connectivity index (χ0v) is 13.6. The monoisotopic (exact) mass is 344 g/mol. The van der Waals surface area contributed by atoms with E-state index in [9.17, 15) is 4.79 Å². The predicted molar refractivity (Wildman–Crippen MR) is 93.3 cm³/mol. The molecule has 0 saturated carbocycles. The number of hydrogen-bond acceptors (Lipinski definition) is 4. The first kappa shape index (κ1) is 15.5. The summed E-state index contributed by atoms with van der Waals surface area (Å²) in [5.74, 6) is 0. The highest BCUT2D eigenvalue weighted by molar-refractivity contribution is 7.15. The van der Waals surface area contributed by atoms with E-state index < -0.39 is 0 Å². The van der Waals surface area contributed by atoms with Crippen molar-refractivity contribution in [2.45, 2.75) is 6.42 Å². The van der Waals surface area contributed by atoms with E-state index in [4.69, 9.17) is 11.6 Å². The molecular weight excluding hydrogens is 332 g/mol. The second-order valence-electron chi connectivity index (χ2n) is 4.75. The molecule has 7 heteroatoms. The van der Waals surface area contributed by atoms with Crippen LogP contribution in [0.5, 0.6) is 0 Å². The summed E-state index contributed by atoms with van der Waals surface area (Å²) in [5, 5.41) is 15.3. The smallest absolute Gasteiger partial charge is 0.308 e. The first-order valence-corrected chi connectivity index (χ1v) is 8.08. The lowest BCUT2D eigenvalue weighted by Crippen LogP contribution is -2.19. The lowest BCUT2D eigenvalue weighted by atomic mass is 10.2. The van der Waals surface area contributed by atoms with Crippen LogP contribution >= 0.6 is 22.9 Å². The quantitative estimate of drug-likeness (QED) is 0.735. The molecular formula is C16H13ClN4OS. The number of halogens is 1. The molecule has 0 fully saturated rings. The average Bonchev–Trinajstić information content (AvgIpc) is 2.95. The molecule has 3 rings (SSSR count). The van der Waals surface area contributed by atoms with Gasteiger partial charge in [-0.1, -0.05) is 59.3 Å². The Morgan fingerprint density at radius 3 is 2.65 bits per heavy atom. The number of carbonyl (C=O) groups excluding carboxylic acids is 1. The first-order chi connectivity index (χ1) is 11.2. The summed E-state index contributed by atoms with van der Waals surface area (Å²) >= 11 is 7.23. The highest BCUT2D eigenvalue weighted by Crippen LogP contribution is 2.19. The normalized spacial score (nSPS) is 10.3. The number of nitrogens with zero attached hydrogens (tertiary/aromatic N) is 2. The molecule has 0 aliphatic carbocycles. The van der Waals surface area contributed by atoms with Crippen LogP contribution in [0.25, 0.3) is 0 Å². The molecule has 1 aromatic heterocycles. The third-order valence-electron chi connectivity index (χ3n) is 2.97. The van der Waals surface area contributed by atoms with Crippen LogP contribution in [0.2, 0.25) is 5.02 Å². The number of nitrogens with one attached hydrogen (secondary N) is 2.